The molecule has 31 heavy (non-hydrogen) atoms. The quantitative estimate of drug-likeness (QED) is 0.677. The van der Waals surface area contributed by atoms with Crippen molar-refractivity contribution in [2.24, 2.45) is 5.41 Å². The van der Waals surface area contributed by atoms with Gasteiger partial charge in [-0.2, -0.15) is 0 Å². The molecule has 0 saturated carbocycles. The summed E-state index contributed by atoms with van der Waals surface area (Å²) < 4.78 is 17.3. The Labute approximate surface area is 183 Å². The number of hydrogen-bond donors (Lipinski definition) is 1. The standard InChI is InChI=1S/C25H31NO5/c1-15(2)26-24(28)25(3,4)14-31-22-19(10-12-21(29-5)23(22)30-6)17-7-9-18-16(13-17)8-11-20(18)27/h7,9-10,12-13,15H,8,11,14H2,1-6H3,(H,26,28). The number of aryl methyl sites for hydroxylation is 1. The molecule has 3 rings (SSSR count). The molecule has 0 aliphatic heterocycles. The topological polar surface area (TPSA) is 73.9 Å². The summed E-state index contributed by atoms with van der Waals surface area (Å²) in [4.78, 5) is 24.6. The summed E-state index contributed by atoms with van der Waals surface area (Å²) in [5.41, 5.74) is 2.83. The molecule has 6 heteroatoms. The molecule has 166 valence electrons. The van der Waals surface area contributed by atoms with Gasteiger partial charge in [-0.05, 0) is 57.4 Å². The molecule has 0 fully saturated rings. The van der Waals surface area contributed by atoms with Crippen molar-refractivity contribution in [1.82, 2.24) is 5.32 Å². The molecule has 0 spiro atoms. The number of Topliss-reactive ketones (excluding diaryl/α,β-unsaturated/α-hetero) is 1. The van der Waals surface area contributed by atoms with Crippen LogP contribution in [0, 0.1) is 5.41 Å². The largest absolute Gasteiger partial charge is 0.493 e. The average Bonchev–Trinajstić information content (AvgIpc) is 3.11. The van der Waals surface area contributed by atoms with Gasteiger partial charge in [-0.1, -0.05) is 18.2 Å². The Balaban J connectivity index is 2.00. The molecule has 0 radical (unpaired) electrons. The Morgan fingerprint density at radius 1 is 1.03 bits per heavy atom. The van der Waals surface area contributed by atoms with Crippen LogP contribution in [-0.4, -0.2) is 38.6 Å². The lowest BCUT2D eigenvalue weighted by molar-refractivity contribution is -0.131. The van der Waals surface area contributed by atoms with Crippen molar-refractivity contribution in [2.45, 2.75) is 46.6 Å². The van der Waals surface area contributed by atoms with Crippen LogP contribution >= 0.6 is 0 Å². The predicted molar refractivity (Wildman–Crippen MR) is 120 cm³/mol. The van der Waals surface area contributed by atoms with Crippen LogP contribution in [0.25, 0.3) is 11.1 Å². The molecule has 0 aromatic heterocycles. The normalized spacial score (nSPS) is 13.2. The number of fused-ring (bicyclic) bond motifs is 1. The molecule has 6 nitrogen and oxygen atoms in total. The van der Waals surface area contributed by atoms with Crippen LogP contribution in [0.15, 0.2) is 30.3 Å². The zero-order valence-corrected chi connectivity index (χ0v) is 19.1. The lowest BCUT2D eigenvalue weighted by Crippen LogP contribution is -2.43. The van der Waals surface area contributed by atoms with Crippen LogP contribution in [0.4, 0.5) is 0 Å². The molecular formula is C25H31NO5. The Hall–Kier alpha value is -3.02. The highest BCUT2D eigenvalue weighted by atomic mass is 16.5. The SMILES string of the molecule is COc1ccc(-c2ccc3c(c2)CCC3=O)c(OCC(C)(C)C(=O)NC(C)C)c1OC. The molecule has 0 bridgehead atoms. The first-order valence-electron chi connectivity index (χ1n) is 10.5. The lowest BCUT2D eigenvalue weighted by atomic mass is 9.93. The molecule has 0 heterocycles. The number of ketones is 1. The third kappa shape index (κ3) is 4.68. The van der Waals surface area contributed by atoms with Crippen molar-refractivity contribution < 1.29 is 23.8 Å². The maximum atomic E-state index is 12.6. The van der Waals surface area contributed by atoms with Gasteiger partial charge in [-0.3, -0.25) is 9.59 Å². The summed E-state index contributed by atoms with van der Waals surface area (Å²) in [5, 5.41) is 2.94. The van der Waals surface area contributed by atoms with Gasteiger partial charge in [0.05, 0.1) is 19.6 Å². The summed E-state index contributed by atoms with van der Waals surface area (Å²) in [7, 11) is 3.13. The van der Waals surface area contributed by atoms with Crippen molar-refractivity contribution in [3.05, 3.63) is 41.5 Å². The van der Waals surface area contributed by atoms with Crippen molar-refractivity contribution in [2.75, 3.05) is 20.8 Å². The van der Waals surface area contributed by atoms with Crippen LogP contribution in [-0.2, 0) is 11.2 Å². The number of hydrogen-bond acceptors (Lipinski definition) is 5. The molecule has 0 unspecified atom stereocenters. The van der Waals surface area contributed by atoms with Crippen molar-refractivity contribution in [3.63, 3.8) is 0 Å². The highest BCUT2D eigenvalue weighted by Crippen LogP contribution is 2.45. The summed E-state index contributed by atoms with van der Waals surface area (Å²) in [6.07, 6.45) is 1.29. The third-order valence-corrected chi connectivity index (χ3v) is 5.45. The fourth-order valence-corrected chi connectivity index (χ4v) is 3.67. The van der Waals surface area contributed by atoms with Crippen LogP contribution < -0.4 is 19.5 Å². The first-order valence-corrected chi connectivity index (χ1v) is 10.5. The van der Waals surface area contributed by atoms with Gasteiger partial charge in [0.1, 0.15) is 6.61 Å². The van der Waals surface area contributed by atoms with E-state index in [0.717, 1.165) is 28.7 Å². The van der Waals surface area contributed by atoms with Gasteiger partial charge in [0.25, 0.3) is 0 Å². The van der Waals surface area contributed by atoms with Crippen LogP contribution in [0.5, 0.6) is 17.2 Å². The van der Waals surface area contributed by atoms with E-state index in [9.17, 15) is 9.59 Å². The number of benzene rings is 2. The number of ether oxygens (including phenoxy) is 3. The van der Waals surface area contributed by atoms with Crippen LogP contribution in [0.1, 0.15) is 50.0 Å². The Bertz CT molecular complexity index is 994. The average molecular weight is 426 g/mol. The fraction of sp³-hybridized carbons (Fsp3) is 0.440. The second kappa shape index (κ2) is 9.00. The molecule has 2 aromatic carbocycles. The van der Waals surface area contributed by atoms with Gasteiger partial charge < -0.3 is 19.5 Å². The third-order valence-electron chi connectivity index (χ3n) is 5.45. The van der Waals surface area contributed by atoms with E-state index in [2.05, 4.69) is 5.32 Å². The molecule has 1 N–H and O–H groups in total. The number of carbonyl (C=O) groups is 2. The highest BCUT2D eigenvalue weighted by molar-refractivity contribution is 6.01. The number of amides is 1. The van der Waals surface area contributed by atoms with Gasteiger partial charge >= 0.3 is 0 Å². The predicted octanol–water partition coefficient (Wildman–Crippen LogP) is 4.43. The van der Waals surface area contributed by atoms with Crippen molar-refractivity contribution >= 4 is 11.7 Å². The molecule has 1 aliphatic carbocycles. The minimum atomic E-state index is -0.750. The highest BCUT2D eigenvalue weighted by Gasteiger charge is 2.31. The second-order valence-electron chi connectivity index (χ2n) is 8.77. The number of methoxy groups -OCH3 is 2. The van der Waals surface area contributed by atoms with Gasteiger partial charge in [0, 0.05) is 23.6 Å². The first-order chi connectivity index (χ1) is 14.7. The van der Waals surface area contributed by atoms with Crippen LogP contribution in [0.3, 0.4) is 0 Å². The number of nitrogens with one attached hydrogen (secondary N) is 1. The second-order valence-corrected chi connectivity index (χ2v) is 8.77. The van der Waals surface area contributed by atoms with E-state index in [1.54, 1.807) is 14.2 Å². The Morgan fingerprint density at radius 3 is 2.39 bits per heavy atom. The zero-order chi connectivity index (χ0) is 22.8. The first kappa shape index (κ1) is 22.7. The monoisotopic (exact) mass is 425 g/mol. The van der Waals surface area contributed by atoms with E-state index < -0.39 is 5.41 Å². The molecule has 0 atom stereocenters. The summed E-state index contributed by atoms with van der Waals surface area (Å²) in [6, 6.07) is 9.62. The fourth-order valence-electron chi connectivity index (χ4n) is 3.67. The molecule has 1 amide bonds. The summed E-state index contributed by atoms with van der Waals surface area (Å²) in [5.74, 6) is 1.63. The number of carbonyl (C=O) groups excluding carboxylic acids is 2. The van der Waals surface area contributed by atoms with Gasteiger partial charge in [-0.25, -0.2) is 0 Å². The van der Waals surface area contributed by atoms with E-state index in [-0.39, 0.29) is 24.3 Å². The maximum Gasteiger partial charge on any atom is 0.229 e. The zero-order valence-electron chi connectivity index (χ0n) is 19.1. The van der Waals surface area contributed by atoms with Gasteiger partial charge in [0.2, 0.25) is 11.7 Å². The van der Waals surface area contributed by atoms with E-state index in [1.807, 2.05) is 58.0 Å². The minimum absolute atomic E-state index is 0.0443. The van der Waals surface area contributed by atoms with E-state index in [1.165, 1.54) is 0 Å². The van der Waals surface area contributed by atoms with Gasteiger partial charge in [0.15, 0.2) is 17.3 Å². The van der Waals surface area contributed by atoms with E-state index in [4.69, 9.17) is 14.2 Å². The Kier molecular flexibility index (Phi) is 6.58. The van der Waals surface area contributed by atoms with Gasteiger partial charge in [-0.15, -0.1) is 0 Å². The lowest BCUT2D eigenvalue weighted by Gasteiger charge is -2.26. The molecule has 2 aromatic rings. The summed E-state index contributed by atoms with van der Waals surface area (Å²) in [6.45, 7) is 7.70. The maximum absolute atomic E-state index is 12.6. The van der Waals surface area contributed by atoms with E-state index in [0.29, 0.717) is 23.7 Å². The van der Waals surface area contributed by atoms with Crippen molar-refractivity contribution in [1.29, 1.82) is 0 Å². The molecule has 1 aliphatic rings. The van der Waals surface area contributed by atoms with Crippen molar-refractivity contribution in [3.8, 4) is 28.4 Å². The smallest absolute Gasteiger partial charge is 0.229 e. The van der Waals surface area contributed by atoms with E-state index >= 15 is 0 Å². The minimum Gasteiger partial charge on any atom is -0.493 e. The summed E-state index contributed by atoms with van der Waals surface area (Å²) >= 11 is 0. The molecule has 0 saturated heterocycles. The Morgan fingerprint density at radius 2 is 1.74 bits per heavy atom. The van der Waals surface area contributed by atoms with Crippen LogP contribution in [0.2, 0.25) is 0 Å². The molecular weight excluding hydrogens is 394 g/mol. The number of rotatable bonds is 8.